The largest absolute Gasteiger partial charge is 0.334 e. The van der Waals surface area contributed by atoms with Crippen LogP contribution in [-0.2, 0) is 12.8 Å². The molecule has 1 aromatic rings. The number of carbonyl (C=O) groups is 1. The smallest absolute Gasteiger partial charge is 0.254 e. The van der Waals surface area contributed by atoms with E-state index >= 15 is 0 Å². The fraction of sp³-hybridized carbons (Fsp3) is 0.562. The second-order valence-electron chi connectivity index (χ2n) is 5.71. The van der Waals surface area contributed by atoms with E-state index in [0.717, 1.165) is 24.8 Å². The van der Waals surface area contributed by atoms with E-state index < -0.39 is 0 Å². The monoisotopic (exact) mass is 258 g/mol. The Labute approximate surface area is 114 Å². The fourth-order valence-electron chi connectivity index (χ4n) is 3.16. The summed E-state index contributed by atoms with van der Waals surface area (Å²) in [4.78, 5) is 14.6. The van der Waals surface area contributed by atoms with Gasteiger partial charge < -0.3 is 10.6 Å². The van der Waals surface area contributed by atoms with Gasteiger partial charge in [0.05, 0.1) is 0 Å². The Kier molecular flexibility index (Phi) is 3.56. The molecule has 102 valence electrons. The molecule has 0 unspecified atom stereocenters. The average molecular weight is 258 g/mol. The summed E-state index contributed by atoms with van der Waals surface area (Å²) in [6, 6.07) is 6.66. The first-order valence-electron chi connectivity index (χ1n) is 7.42. The number of hydrogen-bond donors (Lipinski definition) is 1. The highest BCUT2D eigenvalue weighted by molar-refractivity contribution is 5.94. The Bertz CT molecular complexity index is 480. The van der Waals surface area contributed by atoms with Gasteiger partial charge in [0, 0.05) is 24.7 Å². The van der Waals surface area contributed by atoms with Crippen LogP contribution in [0.1, 0.15) is 47.2 Å². The van der Waals surface area contributed by atoms with Gasteiger partial charge in [0.1, 0.15) is 0 Å². The van der Waals surface area contributed by atoms with Crippen LogP contribution in [0.25, 0.3) is 0 Å². The third-order valence-corrected chi connectivity index (χ3v) is 4.49. The first-order chi connectivity index (χ1) is 9.29. The van der Waals surface area contributed by atoms with Crippen molar-refractivity contribution in [1.29, 1.82) is 0 Å². The fourth-order valence-corrected chi connectivity index (χ4v) is 3.16. The summed E-state index contributed by atoms with van der Waals surface area (Å²) in [6.45, 7) is 1.23. The van der Waals surface area contributed by atoms with Gasteiger partial charge in [-0.1, -0.05) is 6.07 Å². The molecule has 2 aliphatic carbocycles. The van der Waals surface area contributed by atoms with Gasteiger partial charge in [-0.25, -0.2) is 0 Å². The number of nitrogens with zero attached hydrogens (tertiary/aromatic N) is 1. The quantitative estimate of drug-likeness (QED) is 0.899. The van der Waals surface area contributed by atoms with Gasteiger partial charge >= 0.3 is 0 Å². The molecule has 1 fully saturated rings. The Hall–Kier alpha value is -1.35. The molecule has 1 aromatic carbocycles. The van der Waals surface area contributed by atoms with Crippen molar-refractivity contribution in [2.24, 2.45) is 5.73 Å². The molecule has 0 radical (unpaired) electrons. The molecule has 1 amide bonds. The third-order valence-electron chi connectivity index (χ3n) is 4.49. The lowest BCUT2D eigenvalue weighted by molar-refractivity contribution is 0.0588. The van der Waals surface area contributed by atoms with Crippen LogP contribution in [0.5, 0.6) is 0 Å². The topological polar surface area (TPSA) is 46.3 Å². The number of aryl methyl sites for hydroxylation is 2. The zero-order chi connectivity index (χ0) is 13.2. The molecule has 0 bridgehead atoms. The molecule has 2 aliphatic rings. The van der Waals surface area contributed by atoms with Crippen LogP contribution in [-0.4, -0.2) is 29.9 Å². The lowest BCUT2D eigenvalue weighted by atomic mass is 9.90. The zero-order valence-corrected chi connectivity index (χ0v) is 11.4. The Morgan fingerprint density at radius 1 is 1.21 bits per heavy atom. The van der Waals surface area contributed by atoms with Crippen molar-refractivity contribution in [1.82, 2.24) is 4.90 Å². The minimum atomic E-state index is 0.171. The van der Waals surface area contributed by atoms with Gasteiger partial charge in [-0.3, -0.25) is 4.79 Å². The van der Waals surface area contributed by atoms with E-state index in [1.54, 1.807) is 0 Å². The van der Waals surface area contributed by atoms with Crippen LogP contribution in [0.15, 0.2) is 18.2 Å². The van der Waals surface area contributed by atoms with Gasteiger partial charge in [0.2, 0.25) is 0 Å². The van der Waals surface area contributed by atoms with Gasteiger partial charge in [-0.05, 0) is 61.8 Å². The minimum absolute atomic E-state index is 0.171. The summed E-state index contributed by atoms with van der Waals surface area (Å²) in [7, 11) is 0. The number of carbonyl (C=O) groups excluding carboxylic acids is 1. The SMILES string of the molecule is NCCN(C(=O)c1ccc2c(c1)CCC2)C1CCC1. The molecule has 0 atom stereocenters. The first kappa shape index (κ1) is 12.7. The van der Waals surface area contributed by atoms with E-state index in [0.29, 0.717) is 19.1 Å². The number of fused-ring (bicyclic) bond motifs is 1. The van der Waals surface area contributed by atoms with Crippen LogP contribution >= 0.6 is 0 Å². The average Bonchev–Trinajstić information content (AvgIpc) is 2.82. The van der Waals surface area contributed by atoms with E-state index in [-0.39, 0.29) is 5.91 Å². The van der Waals surface area contributed by atoms with E-state index in [1.165, 1.54) is 30.4 Å². The highest BCUT2D eigenvalue weighted by Gasteiger charge is 2.29. The predicted molar refractivity (Wildman–Crippen MR) is 76.2 cm³/mol. The molecule has 3 nitrogen and oxygen atoms in total. The number of benzene rings is 1. The van der Waals surface area contributed by atoms with Crippen LogP contribution in [0.4, 0.5) is 0 Å². The van der Waals surface area contributed by atoms with Crippen molar-refractivity contribution in [3.8, 4) is 0 Å². The van der Waals surface area contributed by atoms with Crippen LogP contribution < -0.4 is 5.73 Å². The van der Waals surface area contributed by atoms with E-state index in [9.17, 15) is 4.79 Å². The highest BCUT2D eigenvalue weighted by Crippen LogP contribution is 2.28. The number of hydrogen-bond acceptors (Lipinski definition) is 2. The van der Waals surface area contributed by atoms with E-state index in [2.05, 4.69) is 12.1 Å². The maximum atomic E-state index is 12.6. The van der Waals surface area contributed by atoms with Crippen molar-refractivity contribution >= 4 is 5.91 Å². The summed E-state index contributed by atoms with van der Waals surface area (Å²) in [5.41, 5.74) is 9.30. The maximum absolute atomic E-state index is 12.6. The molecule has 0 aliphatic heterocycles. The van der Waals surface area contributed by atoms with E-state index in [4.69, 9.17) is 5.73 Å². The van der Waals surface area contributed by atoms with Crippen molar-refractivity contribution in [2.45, 2.75) is 44.6 Å². The normalized spacial score (nSPS) is 17.9. The van der Waals surface area contributed by atoms with Crippen LogP contribution in [0.3, 0.4) is 0 Å². The lowest BCUT2D eigenvalue weighted by Gasteiger charge is -2.37. The standard InChI is InChI=1S/C16H22N2O/c17-9-10-18(15-5-2-6-15)16(19)14-8-7-12-3-1-4-13(12)11-14/h7-8,11,15H,1-6,9-10,17H2. The Morgan fingerprint density at radius 2 is 2.00 bits per heavy atom. The number of rotatable bonds is 4. The first-order valence-corrected chi connectivity index (χ1v) is 7.42. The second-order valence-corrected chi connectivity index (χ2v) is 5.71. The van der Waals surface area contributed by atoms with Gasteiger partial charge in [-0.15, -0.1) is 0 Å². The molecule has 3 heteroatoms. The molecule has 0 spiro atoms. The number of nitrogens with two attached hydrogens (primary N) is 1. The number of amides is 1. The molecule has 1 saturated carbocycles. The van der Waals surface area contributed by atoms with Crippen LogP contribution in [0.2, 0.25) is 0 Å². The van der Waals surface area contributed by atoms with Gasteiger partial charge in [-0.2, -0.15) is 0 Å². The highest BCUT2D eigenvalue weighted by atomic mass is 16.2. The van der Waals surface area contributed by atoms with Crippen LogP contribution in [0, 0.1) is 0 Å². The van der Waals surface area contributed by atoms with E-state index in [1.807, 2.05) is 11.0 Å². The maximum Gasteiger partial charge on any atom is 0.254 e. The van der Waals surface area contributed by atoms with Crippen molar-refractivity contribution < 1.29 is 4.79 Å². The molecule has 0 saturated heterocycles. The van der Waals surface area contributed by atoms with Crippen molar-refractivity contribution in [3.63, 3.8) is 0 Å². The third kappa shape index (κ3) is 2.39. The molecule has 19 heavy (non-hydrogen) atoms. The molecular weight excluding hydrogens is 236 g/mol. The minimum Gasteiger partial charge on any atom is -0.334 e. The second kappa shape index (κ2) is 5.33. The lowest BCUT2D eigenvalue weighted by Crippen LogP contribution is -2.46. The molecule has 0 aromatic heterocycles. The zero-order valence-electron chi connectivity index (χ0n) is 11.4. The Balaban J connectivity index is 1.81. The summed E-state index contributed by atoms with van der Waals surface area (Å²) in [5, 5.41) is 0. The Morgan fingerprint density at radius 3 is 2.68 bits per heavy atom. The van der Waals surface area contributed by atoms with Gasteiger partial charge in [0.25, 0.3) is 5.91 Å². The summed E-state index contributed by atoms with van der Waals surface area (Å²) in [6.07, 6.45) is 7.02. The molecule has 3 rings (SSSR count). The summed E-state index contributed by atoms with van der Waals surface area (Å²) < 4.78 is 0. The molecule has 0 heterocycles. The molecule has 2 N–H and O–H groups in total. The predicted octanol–water partition coefficient (Wildman–Crippen LogP) is 2.13. The van der Waals surface area contributed by atoms with Crippen molar-refractivity contribution in [2.75, 3.05) is 13.1 Å². The molecular formula is C16H22N2O. The summed E-state index contributed by atoms with van der Waals surface area (Å²) >= 11 is 0. The van der Waals surface area contributed by atoms with Crippen molar-refractivity contribution in [3.05, 3.63) is 34.9 Å². The summed E-state index contributed by atoms with van der Waals surface area (Å²) in [5.74, 6) is 0.171. The van der Waals surface area contributed by atoms with Gasteiger partial charge in [0.15, 0.2) is 0 Å².